The van der Waals surface area contributed by atoms with Gasteiger partial charge in [0, 0.05) is 6.04 Å². The van der Waals surface area contributed by atoms with Crippen LogP contribution < -0.4 is 5.32 Å². The average Bonchev–Trinajstić information content (AvgIpc) is 2.43. The lowest BCUT2D eigenvalue weighted by atomic mass is 9.92. The highest BCUT2D eigenvalue weighted by molar-refractivity contribution is 9.10. The van der Waals surface area contributed by atoms with Crippen LogP contribution in [-0.2, 0) is 11.3 Å². The topological polar surface area (TPSA) is 21.3 Å². The van der Waals surface area contributed by atoms with Crippen LogP contribution in [-0.4, -0.2) is 19.2 Å². The van der Waals surface area contributed by atoms with E-state index in [9.17, 15) is 8.78 Å². The van der Waals surface area contributed by atoms with Gasteiger partial charge in [-0.3, -0.25) is 0 Å². The first-order valence-corrected chi connectivity index (χ1v) is 7.34. The van der Waals surface area contributed by atoms with Crippen molar-refractivity contribution in [2.24, 2.45) is 0 Å². The van der Waals surface area contributed by atoms with E-state index in [1.807, 2.05) is 7.05 Å². The molecule has 2 atom stereocenters. The van der Waals surface area contributed by atoms with E-state index in [1.165, 1.54) is 18.6 Å². The maximum Gasteiger partial charge on any atom is 0.145 e. The van der Waals surface area contributed by atoms with Gasteiger partial charge in [0.1, 0.15) is 11.6 Å². The lowest BCUT2D eigenvalue weighted by Crippen LogP contribution is -2.41. The Morgan fingerprint density at radius 2 is 2.05 bits per heavy atom. The normalized spacial score (nSPS) is 23.6. The van der Waals surface area contributed by atoms with Crippen LogP contribution in [0.15, 0.2) is 16.6 Å². The molecule has 0 bridgehead atoms. The summed E-state index contributed by atoms with van der Waals surface area (Å²) in [7, 11) is 1.90. The molecule has 0 amide bonds. The molecular weight excluding hydrogens is 316 g/mol. The molecule has 2 nitrogen and oxygen atoms in total. The van der Waals surface area contributed by atoms with E-state index in [1.54, 1.807) is 0 Å². The third kappa shape index (κ3) is 3.52. The molecule has 0 aliphatic heterocycles. The van der Waals surface area contributed by atoms with E-state index >= 15 is 0 Å². The number of hydrogen-bond acceptors (Lipinski definition) is 2. The maximum atomic E-state index is 13.8. The Morgan fingerprint density at radius 3 is 2.79 bits per heavy atom. The Balaban J connectivity index is 2.04. The largest absolute Gasteiger partial charge is 0.372 e. The second kappa shape index (κ2) is 6.77. The fraction of sp³-hybridized carbons (Fsp3) is 0.571. The summed E-state index contributed by atoms with van der Waals surface area (Å²) in [6, 6.07) is 2.89. The van der Waals surface area contributed by atoms with Crippen LogP contribution in [0.5, 0.6) is 0 Å². The zero-order valence-electron chi connectivity index (χ0n) is 10.9. The van der Waals surface area contributed by atoms with Gasteiger partial charge in [0.05, 0.1) is 22.7 Å². The van der Waals surface area contributed by atoms with Crippen LogP contribution in [0.1, 0.15) is 31.2 Å². The van der Waals surface area contributed by atoms with E-state index in [0.717, 1.165) is 19.3 Å². The van der Waals surface area contributed by atoms with Crippen molar-refractivity contribution < 1.29 is 13.5 Å². The van der Waals surface area contributed by atoms with Crippen molar-refractivity contribution in [1.29, 1.82) is 0 Å². The van der Waals surface area contributed by atoms with Crippen molar-refractivity contribution in [3.63, 3.8) is 0 Å². The van der Waals surface area contributed by atoms with Gasteiger partial charge in [-0.05, 0) is 48.0 Å². The molecule has 1 aromatic rings. The van der Waals surface area contributed by atoms with Crippen LogP contribution in [0.25, 0.3) is 0 Å². The maximum absolute atomic E-state index is 13.8. The summed E-state index contributed by atoms with van der Waals surface area (Å²) < 4.78 is 33.4. The molecule has 1 aliphatic carbocycles. The minimum atomic E-state index is -0.572. The first-order chi connectivity index (χ1) is 9.13. The van der Waals surface area contributed by atoms with Crippen LogP contribution >= 0.6 is 15.9 Å². The van der Waals surface area contributed by atoms with Crippen molar-refractivity contribution in [3.8, 4) is 0 Å². The van der Waals surface area contributed by atoms with Gasteiger partial charge in [-0.25, -0.2) is 8.78 Å². The molecular formula is C14H18BrF2NO. The SMILES string of the molecule is CNC1CCCCC1OCc1c(F)ccc(Br)c1F. The molecule has 2 rings (SSSR count). The highest BCUT2D eigenvalue weighted by Crippen LogP contribution is 2.25. The monoisotopic (exact) mass is 333 g/mol. The molecule has 19 heavy (non-hydrogen) atoms. The Kier molecular flexibility index (Phi) is 5.30. The van der Waals surface area contributed by atoms with Crippen molar-refractivity contribution >= 4 is 15.9 Å². The number of benzene rings is 1. The zero-order valence-corrected chi connectivity index (χ0v) is 12.5. The van der Waals surface area contributed by atoms with Gasteiger partial charge in [0.2, 0.25) is 0 Å². The molecule has 0 heterocycles. The molecule has 5 heteroatoms. The molecule has 2 unspecified atom stereocenters. The molecule has 1 saturated carbocycles. The van der Waals surface area contributed by atoms with Crippen molar-refractivity contribution in [3.05, 3.63) is 33.8 Å². The van der Waals surface area contributed by atoms with Gasteiger partial charge in [0.25, 0.3) is 0 Å². The molecule has 1 fully saturated rings. The summed E-state index contributed by atoms with van der Waals surface area (Å²) in [5.74, 6) is -1.13. The summed E-state index contributed by atoms with van der Waals surface area (Å²) in [4.78, 5) is 0. The minimum Gasteiger partial charge on any atom is -0.372 e. The van der Waals surface area contributed by atoms with E-state index < -0.39 is 11.6 Å². The van der Waals surface area contributed by atoms with Gasteiger partial charge in [-0.1, -0.05) is 12.8 Å². The zero-order chi connectivity index (χ0) is 13.8. The Bertz CT molecular complexity index is 442. The van der Waals surface area contributed by atoms with Gasteiger partial charge < -0.3 is 10.1 Å². The third-order valence-electron chi connectivity index (χ3n) is 3.65. The number of hydrogen-bond donors (Lipinski definition) is 1. The smallest absolute Gasteiger partial charge is 0.145 e. The molecule has 106 valence electrons. The molecule has 0 aromatic heterocycles. The fourth-order valence-electron chi connectivity index (χ4n) is 2.52. The summed E-state index contributed by atoms with van der Waals surface area (Å²) in [5.41, 5.74) is -0.00481. The Labute approximate surface area is 120 Å². The lowest BCUT2D eigenvalue weighted by Gasteiger charge is -2.31. The van der Waals surface area contributed by atoms with Crippen molar-refractivity contribution in [2.75, 3.05) is 7.05 Å². The van der Waals surface area contributed by atoms with Crippen LogP contribution in [0, 0.1) is 11.6 Å². The number of halogens is 3. The van der Waals surface area contributed by atoms with Crippen LogP contribution in [0.4, 0.5) is 8.78 Å². The number of nitrogens with one attached hydrogen (secondary N) is 1. The number of ether oxygens (including phenoxy) is 1. The molecule has 1 aliphatic rings. The predicted molar refractivity (Wildman–Crippen MR) is 74.0 cm³/mol. The second-order valence-corrected chi connectivity index (χ2v) is 5.71. The third-order valence-corrected chi connectivity index (χ3v) is 4.27. The summed E-state index contributed by atoms with van der Waals surface area (Å²) >= 11 is 3.06. The van der Waals surface area contributed by atoms with E-state index in [4.69, 9.17) is 4.74 Å². The first-order valence-electron chi connectivity index (χ1n) is 6.54. The molecule has 1 aromatic carbocycles. The van der Waals surface area contributed by atoms with Gasteiger partial charge in [-0.15, -0.1) is 0 Å². The van der Waals surface area contributed by atoms with E-state index in [2.05, 4.69) is 21.2 Å². The standard InChI is InChI=1S/C14H18BrF2NO/c1-18-12-4-2-3-5-13(12)19-8-9-11(16)7-6-10(15)14(9)17/h6-7,12-13,18H,2-5,8H2,1H3. The summed E-state index contributed by atoms with van der Waals surface area (Å²) in [6.45, 7) is -0.0278. The Hall–Kier alpha value is -0.520. The minimum absolute atomic E-state index is 0.00481. The lowest BCUT2D eigenvalue weighted by molar-refractivity contribution is -0.00591. The molecule has 0 saturated heterocycles. The van der Waals surface area contributed by atoms with Crippen molar-refractivity contribution in [2.45, 2.75) is 44.4 Å². The fourth-order valence-corrected chi connectivity index (χ4v) is 2.89. The average molecular weight is 334 g/mol. The van der Waals surface area contributed by atoms with Gasteiger partial charge >= 0.3 is 0 Å². The van der Waals surface area contributed by atoms with Crippen LogP contribution in [0.2, 0.25) is 0 Å². The highest BCUT2D eigenvalue weighted by Gasteiger charge is 2.25. The quantitative estimate of drug-likeness (QED) is 0.847. The number of likely N-dealkylation sites (N-methyl/N-ethyl adjacent to an activating group) is 1. The molecule has 0 radical (unpaired) electrons. The second-order valence-electron chi connectivity index (χ2n) is 4.85. The Morgan fingerprint density at radius 1 is 1.32 bits per heavy atom. The molecule has 0 spiro atoms. The van der Waals surface area contributed by atoms with Crippen molar-refractivity contribution in [1.82, 2.24) is 5.32 Å². The summed E-state index contributed by atoms with van der Waals surface area (Å²) in [6.07, 6.45) is 4.28. The number of rotatable bonds is 4. The highest BCUT2D eigenvalue weighted by atomic mass is 79.9. The van der Waals surface area contributed by atoms with Gasteiger partial charge in [-0.2, -0.15) is 0 Å². The first kappa shape index (κ1) is 14.9. The van der Waals surface area contributed by atoms with E-state index in [0.29, 0.717) is 0 Å². The van der Waals surface area contributed by atoms with E-state index in [-0.39, 0.29) is 28.8 Å². The summed E-state index contributed by atoms with van der Waals surface area (Å²) in [5, 5.41) is 3.21. The molecule has 1 N–H and O–H groups in total. The van der Waals surface area contributed by atoms with Gasteiger partial charge in [0.15, 0.2) is 0 Å². The predicted octanol–water partition coefficient (Wildman–Crippen LogP) is 3.77. The van der Waals surface area contributed by atoms with Crippen LogP contribution in [0.3, 0.4) is 0 Å².